The Morgan fingerprint density at radius 3 is 1.40 bits per heavy atom. The average Bonchev–Trinajstić information content (AvgIpc) is 3.75. The molecule has 4 atom stereocenters. The second-order valence-corrected chi connectivity index (χ2v) is 13.5. The van der Waals surface area contributed by atoms with Crippen molar-refractivity contribution in [2.24, 2.45) is 11.8 Å². The summed E-state index contributed by atoms with van der Waals surface area (Å²) < 4.78 is 27.9. The topological polar surface area (TPSA) is 44.7 Å². The fourth-order valence-electron chi connectivity index (χ4n) is 9.55. The summed E-state index contributed by atoms with van der Waals surface area (Å²) in [4.78, 5) is 0. The SMILES string of the molecule is C1=c2c3c(oc2=C(C2=c4oc5c(c4=CC4C6=C(CCCC6)OC24)CCCC5)C2OC4=C(CCCC4)C12)CCCC3. The highest BCUT2D eigenvalue weighted by Crippen LogP contribution is 2.50. The van der Waals surface area contributed by atoms with Gasteiger partial charge >= 0.3 is 0 Å². The van der Waals surface area contributed by atoms with Crippen molar-refractivity contribution >= 4 is 23.3 Å². The maximum Gasteiger partial charge on any atom is 0.141 e. The van der Waals surface area contributed by atoms with Crippen molar-refractivity contribution in [3.05, 3.63) is 66.6 Å². The number of ether oxygens (including phenoxy) is 2. The summed E-state index contributed by atoms with van der Waals surface area (Å²) in [7, 11) is 0. The lowest BCUT2D eigenvalue weighted by Crippen LogP contribution is -2.45. The zero-order valence-electron chi connectivity index (χ0n) is 23.4. The van der Waals surface area contributed by atoms with E-state index in [1.165, 1.54) is 107 Å². The van der Waals surface area contributed by atoms with Crippen LogP contribution in [0.3, 0.4) is 0 Å². The van der Waals surface area contributed by atoms with Crippen LogP contribution in [0.4, 0.5) is 0 Å². The van der Waals surface area contributed by atoms with Crippen molar-refractivity contribution in [2.45, 2.75) is 115 Å². The standard InChI is InChI=1S/C36H38O4/c1-5-13-27-19(9-1)23-17-24-20-10-2-6-14-28(20)38-34(24)31(33(23)37-27)32-35-25(21-11-3-7-15-29(21)39-35)18-26-22-12-4-8-16-30(22)40-36(26)32/h17-18,23,25,33,35H,1-16H2. The van der Waals surface area contributed by atoms with Crippen LogP contribution >= 0.6 is 0 Å². The highest BCUT2D eigenvalue weighted by molar-refractivity contribution is 5.95. The Labute approximate surface area is 234 Å². The van der Waals surface area contributed by atoms with Crippen LogP contribution in [0.25, 0.3) is 23.3 Å². The van der Waals surface area contributed by atoms with Gasteiger partial charge in [-0.15, -0.1) is 0 Å². The summed E-state index contributed by atoms with van der Waals surface area (Å²) in [5.41, 5.74) is 10.7. The molecule has 0 bridgehead atoms. The fraction of sp³-hybridized carbons (Fsp3) is 0.556. The van der Waals surface area contributed by atoms with Gasteiger partial charge in [-0.3, -0.25) is 0 Å². The number of allylic oxidation sites excluding steroid dienone is 2. The molecule has 2 aromatic heterocycles. The zero-order chi connectivity index (χ0) is 25.9. The molecule has 4 nitrogen and oxygen atoms in total. The van der Waals surface area contributed by atoms with E-state index in [1.54, 1.807) is 11.1 Å². The lowest BCUT2D eigenvalue weighted by Gasteiger charge is -2.30. The molecule has 40 heavy (non-hydrogen) atoms. The Balaban J connectivity index is 1.29. The molecule has 0 saturated heterocycles. The highest BCUT2D eigenvalue weighted by atomic mass is 16.5. The van der Waals surface area contributed by atoms with Crippen LogP contribution < -0.4 is 21.3 Å². The van der Waals surface area contributed by atoms with Crippen LogP contribution in [0.2, 0.25) is 0 Å². The Morgan fingerprint density at radius 1 is 0.475 bits per heavy atom. The minimum atomic E-state index is -0.0341. The maximum absolute atomic E-state index is 7.02. The van der Waals surface area contributed by atoms with E-state index in [1.807, 2.05) is 0 Å². The van der Waals surface area contributed by atoms with Gasteiger partial charge in [-0.25, -0.2) is 0 Å². The molecule has 8 aliphatic rings. The molecule has 4 unspecified atom stereocenters. The highest BCUT2D eigenvalue weighted by Gasteiger charge is 2.49. The number of hydrogen-bond acceptors (Lipinski definition) is 4. The zero-order valence-corrected chi connectivity index (χ0v) is 23.4. The van der Waals surface area contributed by atoms with Gasteiger partial charge in [0.15, 0.2) is 0 Å². The van der Waals surface area contributed by atoms with Crippen LogP contribution in [0, 0.1) is 11.8 Å². The number of rotatable bonds is 1. The first-order valence-electron chi connectivity index (χ1n) is 16.3. The van der Waals surface area contributed by atoms with Crippen molar-refractivity contribution in [3.8, 4) is 0 Å². The molecule has 0 N–H and O–H groups in total. The van der Waals surface area contributed by atoms with Crippen molar-refractivity contribution in [3.63, 3.8) is 0 Å². The van der Waals surface area contributed by atoms with E-state index < -0.39 is 0 Å². The number of hydrogen-bond donors (Lipinski definition) is 0. The molecule has 0 aromatic carbocycles. The van der Waals surface area contributed by atoms with Crippen LogP contribution in [-0.2, 0) is 35.2 Å². The largest absolute Gasteiger partial charge is 0.489 e. The van der Waals surface area contributed by atoms with E-state index in [9.17, 15) is 0 Å². The van der Waals surface area contributed by atoms with Gasteiger partial charge in [0.05, 0.1) is 11.5 Å². The molecule has 2 aliphatic heterocycles. The summed E-state index contributed by atoms with van der Waals surface area (Å²) in [5, 5.41) is 2.72. The van der Waals surface area contributed by atoms with Crippen molar-refractivity contribution < 1.29 is 18.3 Å². The molecule has 2 aromatic rings. The lowest BCUT2D eigenvalue weighted by molar-refractivity contribution is 0.152. The lowest BCUT2D eigenvalue weighted by atomic mass is 9.75. The fourth-order valence-corrected chi connectivity index (χ4v) is 9.55. The van der Waals surface area contributed by atoms with E-state index in [-0.39, 0.29) is 12.2 Å². The molecule has 0 spiro atoms. The van der Waals surface area contributed by atoms with Crippen LogP contribution in [0.5, 0.6) is 0 Å². The first-order valence-corrected chi connectivity index (χ1v) is 16.3. The summed E-state index contributed by atoms with van der Waals surface area (Å²) in [6.45, 7) is 0. The minimum Gasteiger partial charge on any atom is -0.489 e. The number of aryl methyl sites for hydroxylation is 2. The Bertz CT molecular complexity index is 1660. The van der Waals surface area contributed by atoms with Gasteiger partial charge in [0.2, 0.25) is 0 Å². The molecule has 206 valence electrons. The molecule has 4 heteroatoms. The third-order valence-electron chi connectivity index (χ3n) is 11.4. The first kappa shape index (κ1) is 22.8. The normalized spacial score (nSPS) is 31.4. The quantitative estimate of drug-likeness (QED) is 0.522. The number of furan rings is 2. The van der Waals surface area contributed by atoms with Crippen molar-refractivity contribution in [1.29, 1.82) is 0 Å². The molecule has 0 amide bonds. The summed E-state index contributed by atoms with van der Waals surface area (Å²) in [5.74, 6) is 5.55. The van der Waals surface area contributed by atoms with E-state index >= 15 is 0 Å². The van der Waals surface area contributed by atoms with E-state index in [0.717, 1.165) is 62.2 Å². The summed E-state index contributed by atoms with van der Waals surface area (Å²) in [6.07, 6.45) is 23.8. The van der Waals surface area contributed by atoms with Crippen LogP contribution in [0.1, 0.15) is 99.7 Å². The number of fused-ring (bicyclic) bond motifs is 10. The molecule has 0 radical (unpaired) electrons. The van der Waals surface area contributed by atoms with Gasteiger partial charge in [-0.1, -0.05) is 12.2 Å². The molecular formula is C36H38O4. The van der Waals surface area contributed by atoms with Gasteiger partial charge in [0.1, 0.15) is 34.6 Å². The first-order chi connectivity index (χ1) is 19.8. The minimum absolute atomic E-state index is 0.0341. The van der Waals surface area contributed by atoms with Gasteiger partial charge < -0.3 is 18.3 Å². The molecule has 10 rings (SSSR count). The van der Waals surface area contributed by atoms with Crippen molar-refractivity contribution in [1.82, 2.24) is 0 Å². The van der Waals surface area contributed by atoms with E-state index in [0.29, 0.717) is 11.8 Å². The summed E-state index contributed by atoms with van der Waals surface area (Å²) >= 11 is 0. The summed E-state index contributed by atoms with van der Waals surface area (Å²) in [6, 6.07) is 0. The predicted molar refractivity (Wildman–Crippen MR) is 153 cm³/mol. The van der Waals surface area contributed by atoms with Gasteiger partial charge in [0, 0.05) is 70.2 Å². The molecule has 4 heterocycles. The second-order valence-electron chi connectivity index (χ2n) is 13.5. The molecule has 0 fully saturated rings. The molecule has 0 saturated carbocycles. The van der Waals surface area contributed by atoms with Crippen LogP contribution in [0.15, 0.2) is 31.5 Å². The smallest absolute Gasteiger partial charge is 0.141 e. The Morgan fingerprint density at radius 2 is 0.900 bits per heavy atom. The average molecular weight is 535 g/mol. The van der Waals surface area contributed by atoms with Gasteiger partial charge in [-0.05, 0) is 88.2 Å². The van der Waals surface area contributed by atoms with Gasteiger partial charge in [-0.2, -0.15) is 0 Å². The molecule has 6 aliphatic carbocycles. The second kappa shape index (κ2) is 8.33. The monoisotopic (exact) mass is 534 g/mol. The Kier molecular flexibility index (Phi) is 4.74. The molecular weight excluding hydrogens is 496 g/mol. The third-order valence-corrected chi connectivity index (χ3v) is 11.4. The predicted octanol–water partition coefficient (Wildman–Crippen LogP) is 4.91. The van der Waals surface area contributed by atoms with Crippen molar-refractivity contribution in [2.75, 3.05) is 0 Å². The third kappa shape index (κ3) is 2.98. The van der Waals surface area contributed by atoms with E-state index in [4.69, 9.17) is 18.3 Å². The Hall–Kier alpha value is -2.88. The van der Waals surface area contributed by atoms with E-state index in [2.05, 4.69) is 12.2 Å². The maximum atomic E-state index is 7.02. The van der Waals surface area contributed by atoms with Gasteiger partial charge in [0.25, 0.3) is 0 Å². The van der Waals surface area contributed by atoms with Crippen LogP contribution in [-0.4, -0.2) is 12.2 Å².